The molecule has 0 saturated heterocycles. The van der Waals surface area contributed by atoms with E-state index in [1.54, 1.807) is 12.1 Å². The number of carboxylic acids is 1. The van der Waals surface area contributed by atoms with Gasteiger partial charge in [-0.15, -0.1) is 0 Å². The molecule has 0 atom stereocenters. The fourth-order valence-corrected chi connectivity index (χ4v) is 2.53. The summed E-state index contributed by atoms with van der Waals surface area (Å²) in [5.74, 6) is 0.346. The van der Waals surface area contributed by atoms with Gasteiger partial charge in [-0.1, -0.05) is 24.9 Å². The molecule has 0 aliphatic carbocycles. The topological polar surface area (TPSA) is 71.7 Å². The van der Waals surface area contributed by atoms with Crippen LogP contribution in [0.25, 0.3) is 11.3 Å². The van der Waals surface area contributed by atoms with E-state index in [4.69, 9.17) is 25.9 Å². The van der Waals surface area contributed by atoms with Crippen LogP contribution in [-0.4, -0.2) is 30.8 Å². The first kappa shape index (κ1) is 19.5. The lowest BCUT2D eigenvalue weighted by Gasteiger charge is -2.05. The van der Waals surface area contributed by atoms with Crippen LogP contribution < -0.4 is 5.32 Å². The summed E-state index contributed by atoms with van der Waals surface area (Å²) >= 11 is 6.16. The van der Waals surface area contributed by atoms with E-state index in [9.17, 15) is 4.79 Å². The summed E-state index contributed by atoms with van der Waals surface area (Å²) in [5, 5.41) is 12.9. The zero-order valence-electron chi connectivity index (χ0n) is 14.4. The Labute approximate surface area is 152 Å². The van der Waals surface area contributed by atoms with E-state index >= 15 is 0 Å². The molecule has 0 amide bonds. The lowest BCUT2D eigenvalue weighted by atomic mass is 10.1. The van der Waals surface area contributed by atoms with Crippen LogP contribution in [0.4, 0.5) is 0 Å². The maximum Gasteiger partial charge on any atom is 0.335 e. The van der Waals surface area contributed by atoms with Gasteiger partial charge in [0.05, 0.1) is 17.1 Å². The summed E-state index contributed by atoms with van der Waals surface area (Å²) in [6.45, 7) is 5.18. The zero-order valence-corrected chi connectivity index (χ0v) is 15.1. The largest absolute Gasteiger partial charge is 0.478 e. The van der Waals surface area contributed by atoms with Gasteiger partial charge in [-0.3, -0.25) is 0 Å². The Balaban J connectivity index is 1.82. The van der Waals surface area contributed by atoms with Crippen LogP contribution in [0.15, 0.2) is 34.7 Å². The molecule has 5 nitrogen and oxygen atoms in total. The minimum absolute atomic E-state index is 0.179. The predicted octanol–water partition coefficient (Wildman–Crippen LogP) is 4.59. The molecule has 1 aromatic heterocycles. The van der Waals surface area contributed by atoms with Gasteiger partial charge in [0, 0.05) is 18.8 Å². The van der Waals surface area contributed by atoms with Gasteiger partial charge in [0.2, 0.25) is 0 Å². The number of hydrogen-bond donors (Lipinski definition) is 2. The molecule has 1 aromatic carbocycles. The van der Waals surface area contributed by atoms with Gasteiger partial charge in [0.1, 0.15) is 11.5 Å². The number of aromatic carboxylic acids is 1. The molecule has 0 aliphatic heterocycles. The van der Waals surface area contributed by atoms with Crippen LogP contribution in [0, 0.1) is 0 Å². The highest BCUT2D eigenvalue weighted by Crippen LogP contribution is 2.30. The number of hydrogen-bond acceptors (Lipinski definition) is 4. The number of benzene rings is 1. The Bertz CT molecular complexity index is 684. The number of rotatable bonds is 11. The van der Waals surface area contributed by atoms with Gasteiger partial charge in [-0.2, -0.15) is 0 Å². The minimum Gasteiger partial charge on any atom is -0.478 e. The second kappa shape index (κ2) is 10.2. The second-order valence-electron chi connectivity index (χ2n) is 5.76. The van der Waals surface area contributed by atoms with Crippen molar-refractivity contribution in [2.45, 2.75) is 32.7 Å². The van der Waals surface area contributed by atoms with E-state index in [1.165, 1.54) is 12.1 Å². The summed E-state index contributed by atoms with van der Waals surface area (Å²) in [5.41, 5.74) is 0.760. The molecule has 0 aliphatic rings. The lowest BCUT2D eigenvalue weighted by Crippen LogP contribution is -2.16. The molecule has 25 heavy (non-hydrogen) atoms. The number of unbranched alkanes of at least 4 members (excludes halogenated alkanes) is 1. The summed E-state index contributed by atoms with van der Waals surface area (Å²) in [6, 6.07) is 8.23. The van der Waals surface area contributed by atoms with E-state index in [-0.39, 0.29) is 5.56 Å². The molecule has 0 unspecified atom stereocenters. The minimum atomic E-state index is -0.993. The highest BCUT2D eigenvalue weighted by Gasteiger charge is 2.12. The van der Waals surface area contributed by atoms with E-state index in [0.717, 1.165) is 44.8 Å². The molecule has 0 spiro atoms. The van der Waals surface area contributed by atoms with Crippen molar-refractivity contribution in [1.82, 2.24) is 5.32 Å². The zero-order chi connectivity index (χ0) is 18.1. The maximum atomic E-state index is 11.1. The normalized spacial score (nSPS) is 11.0. The van der Waals surface area contributed by atoms with Crippen molar-refractivity contribution in [1.29, 1.82) is 0 Å². The summed E-state index contributed by atoms with van der Waals surface area (Å²) in [7, 11) is 0. The first-order valence-electron chi connectivity index (χ1n) is 8.52. The summed E-state index contributed by atoms with van der Waals surface area (Å²) in [6.07, 6.45) is 3.20. The summed E-state index contributed by atoms with van der Waals surface area (Å²) in [4.78, 5) is 11.1. The molecule has 1 heterocycles. The second-order valence-corrected chi connectivity index (χ2v) is 6.17. The van der Waals surface area contributed by atoms with Crippen LogP contribution >= 0.6 is 11.6 Å². The van der Waals surface area contributed by atoms with E-state index in [0.29, 0.717) is 22.9 Å². The molecule has 0 radical (unpaired) electrons. The molecular formula is C19H24ClNO4. The van der Waals surface area contributed by atoms with Gasteiger partial charge in [0.25, 0.3) is 0 Å². The molecule has 6 heteroatoms. The third-order valence-electron chi connectivity index (χ3n) is 3.72. The highest BCUT2D eigenvalue weighted by atomic mass is 35.5. The van der Waals surface area contributed by atoms with Crippen molar-refractivity contribution < 1.29 is 19.1 Å². The Morgan fingerprint density at radius 1 is 1.24 bits per heavy atom. The molecular weight excluding hydrogens is 342 g/mol. The molecule has 2 N–H and O–H groups in total. The molecule has 0 bridgehead atoms. The maximum absolute atomic E-state index is 11.1. The quantitative estimate of drug-likeness (QED) is 0.569. The SMILES string of the molecule is CCCCOCCCNCc1ccc(-c2cc(C(=O)O)ccc2Cl)o1. The van der Waals surface area contributed by atoms with Crippen molar-refractivity contribution >= 4 is 17.6 Å². The fraction of sp³-hybridized carbons (Fsp3) is 0.421. The van der Waals surface area contributed by atoms with Crippen molar-refractivity contribution in [3.8, 4) is 11.3 Å². The number of nitrogens with one attached hydrogen (secondary N) is 1. The van der Waals surface area contributed by atoms with Crippen LogP contribution in [-0.2, 0) is 11.3 Å². The number of ether oxygens (including phenoxy) is 1. The molecule has 2 aromatic rings. The lowest BCUT2D eigenvalue weighted by molar-refractivity contribution is 0.0697. The Morgan fingerprint density at radius 2 is 2.04 bits per heavy atom. The van der Waals surface area contributed by atoms with Gasteiger partial charge >= 0.3 is 5.97 Å². The number of carbonyl (C=O) groups is 1. The Hall–Kier alpha value is -1.82. The van der Waals surface area contributed by atoms with Crippen molar-refractivity contribution in [2.24, 2.45) is 0 Å². The van der Waals surface area contributed by atoms with Crippen molar-refractivity contribution in [3.05, 3.63) is 46.7 Å². The molecule has 136 valence electrons. The highest BCUT2D eigenvalue weighted by molar-refractivity contribution is 6.33. The predicted molar refractivity (Wildman–Crippen MR) is 98.2 cm³/mol. The molecule has 0 saturated carbocycles. The van der Waals surface area contributed by atoms with Crippen LogP contribution in [0.5, 0.6) is 0 Å². The van der Waals surface area contributed by atoms with E-state index in [1.807, 2.05) is 6.07 Å². The van der Waals surface area contributed by atoms with Crippen molar-refractivity contribution in [3.63, 3.8) is 0 Å². The smallest absolute Gasteiger partial charge is 0.335 e. The fourth-order valence-electron chi connectivity index (χ4n) is 2.32. The summed E-state index contributed by atoms with van der Waals surface area (Å²) < 4.78 is 11.3. The number of halogens is 1. The third kappa shape index (κ3) is 6.20. The molecule has 0 fully saturated rings. The van der Waals surface area contributed by atoms with E-state index < -0.39 is 5.97 Å². The van der Waals surface area contributed by atoms with Crippen molar-refractivity contribution in [2.75, 3.05) is 19.8 Å². The Morgan fingerprint density at radius 3 is 2.80 bits per heavy atom. The first-order chi connectivity index (χ1) is 12.1. The monoisotopic (exact) mass is 365 g/mol. The van der Waals surface area contributed by atoms with Crippen LogP contribution in [0.3, 0.4) is 0 Å². The van der Waals surface area contributed by atoms with Crippen LogP contribution in [0.2, 0.25) is 5.02 Å². The van der Waals surface area contributed by atoms with Gasteiger partial charge in [0.15, 0.2) is 0 Å². The number of carboxylic acid groups (broad SMARTS) is 1. The van der Waals surface area contributed by atoms with E-state index in [2.05, 4.69) is 12.2 Å². The van der Waals surface area contributed by atoms with Gasteiger partial charge in [-0.05, 0) is 49.7 Å². The van der Waals surface area contributed by atoms with Gasteiger partial charge in [-0.25, -0.2) is 4.79 Å². The van der Waals surface area contributed by atoms with Gasteiger partial charge < -0.3 is 19.6 Å². The standard InChI is InChI=1S/C19H24ClNO4/c1-2-3-10-24-11-4-9-21-13-15-6-8-18(25-15)16-12-14(19(22)23)5-7-17(16)20/h5-8,12,21H,2-4,9-11,13H2,1H3,(H,22,23). The Kier molecular flexibility index (Phi) is 7.98. The number of furan rings is 1. The average Bonchev–Trinajstić information content (AvgIpc) is 3.06. The first-order valence-corrected chi connectivity index (χ1v) is 8.90. The molecule has 2 rings (SSSR count). The van der Waals surface area contributed by atoms with Crippen LogP contribution in [0.1, 0.15) is 42.3 Å². The average molecular weight is 366 g/mol. The third-order valence-corrected chi connectivity index (χ3v) is 4.05.